The Bertz CT molecular complexity index is 403. The first-order valence-corrected chi connectivity index (χ1v) is 4.89. The molecule has 1 unspecified atom stereocenters. The molecule has 1 aromatic rings. The smallest absolute Gasteiger partial charge is 0.412 e. The summed E-state index contributed by atoms with van der Waals surface area (Å²) in [7, 11) is 0. The molecule has 0 radical (unpaired) electrons. The lowest BCUT2D eigenvalue weighted by atomic mass is 10.1. The Kier molecular flexibility index (Phi) is 2.29. The predicted octanol–water partition coefficient (Wildman–Crippen LogP) is 3.24. The van der Waals surface area contributed by atoms with Crippen molar-refractivity contribution in [3.05, 3.63) is 40.9 Å². The van der Waals surface area contributed by atoms with Gasteiger partial charge in [0.05, 0.1) is 5.69 Å². The van der Waals surface area contributed by atoms with E-state index in [4.69, 9.17) is 4.74 Å². The number of anilines is 1. The van der Waals surface area contributed by atoms with E-state index in [0.29, 0.717) is 0 Å². The Balaban J connectivity index is 2.51. The Labute approximate surface area is 89.9 Å². The standard InChI is InChI=1S/C10H8BrNO2/c1-2-9-7-5-6(11)3-4-8(7)12-10(13)14-9/h2-5,9H,1H2,(H,12,13). The topological polar surface area (TPSA) is 38.3 Å². The van der Waals surface area contributed by atoms with Gasteiger partial charge in [-0.3, -0.25) is 5.32 Å². The summed E-state index contributed by atoms with van der Waals surface area (Å²) in [4.78, 5) is 11.1. The van der Waals surface area contributed by atoms with Gasteiger partial charge in [-0.25, -0.2) is 4.79 Å². The molecular weight excluding hydrogens is 246 g/mol. The first-order chi connectivity index (χ1) is 6.70. The molecule has 1 aliphatic rings. The summed E-state index contributed by atoms with van der Waals surface area (Å²) in [5.41, 5.74) is 1.68. The maximum atomic E-state index is 11.1. The Hall–Kier alpha value is -1.29. The quantitative estimate of drug-likeness (QED) is 0.781. The number of rotatable bonds is 1. The van der Waals surface area contributed by atoms with Crippen molar-refractivity contribution in [2.45, 2.75) is 6.10 Å². The number of halogens is 1. The number of carbonyl (C=O) groups excluding carboxylic acids is 1. The molecular formula is C10H8BrNO2. The van der Waals surface area contributed by atoms with Gasteiger partial charge in [-0.05, 0) is 24.3 Å². The van der Waals surface area contributed by atoms with Crippen molar-refractivity contribution in [3.8, 4) is 0 Å². The zero-order chi connectivity index (χ0) is 10.1. The first kappa shape index (κ1) is 9.27. The normalized spacial score (nSPS) is 19.2. The molecule has 72 valence electrons. The minimum Gasteiger partial charge on any atom is -0.437 e. The highest BCUT2D eigenvalue weighted by Crippen LogP contribution is 2.33. The summed E-state index contributed by atoms with van der Waals surface area (Å²) < 4.78 is 5.98. The van der Waals surface area contributed by atoms with E-state index in [2.05, 4.69) is 27.8 Å². The molecule has 0 aromatic heterocycles. The molecule has 1 amide bonds. The minimum atomic E-state index is -0.440. The first-order valence-electron chi connectivity index (χ1n) is 4.10. The van der Waals surface area contributed by atoms with Gasteiger partial charge < -0.3 is 4.74 Å². The van der Waals surface area contributed by atoms with Crippen LogP contribution in [0, 0.1) is 0 Å². The average molecular weight is 254 g/mol. The van der Waals surface area contributed by atoms with Gasteiger partial charge in [0.2, 0.25) is 0 Å². The number of amides is 1. The van der Waals surface area contributed by atoms with Crippen LogP contribution < -0.4 is 5.32 Å². The zero-order valence-electron chi connectivity index (χ0n) is 7.29. The van der Waals surface area contributed by atoms with Gasteiger partial charge in [0.15, 0.2) is 0 Å². The molecule has 1 N–H and O–H groups in total. The number of carbonyl (C=O) groups is 1. The van der Waals surface area contributed by atoms with Gasteiger partial charge in [0.25, 0.3) is 0 Å². The third kappa shape index (κ3) is 1.53. The molecule has 1 atom stereocenters. The van der Waals surface area contributed by atoms with E-state index < -0.39 is 6.09 Å². The van der Waals surface area contributed by atoms with E-state index in [1.54, 1.807) is 6.08 Å². The second kappa shape index (κ2) is 3.46. The van der Waals surface area contributed by atoms with Crippen LogP contribution in [0.1, 0.15) is 11.7 Å². The minimum absolute atomic E-state index is 0.365. The molecule has 0 saturated heterocycles. The van der Waals surface area contributed by atoms with Crippen molar-refractivity contribution in [1.29, 1.82) is 0 Å². The van der Waals surface area contributed by atoms with Crippen LogP contribution in [0.15, 0.2) is 35.3 Å². The van der Waals surface area contributed by atoms with Crippen LogP contribution in [-0.2, 0) is 4.74 Å². The molecule has 0 spiro atoms. The third-order valence-electron chi connectivity index (χ3n) is 2.00. The fourth-order valence-corrected chi connectivity index (χ4v) is 1.75. The monoisotopic (exact) mass is 253 g/mol. The lowest BCUT2D eigenvalue weighted by Crippen LogP contribution is -2.23. The number of hydrogen-bond acceptors (Lipinski definition) is 2. The van der Waals surface area contributed by atoms with Crippen LogP contribution in [0.5, 0.6) is 0 Å². The highest BCUT2D eigenvalue weighted by Gasteiger charge is 2.23. The predicted molar refractivity (Wildman–Crippen MR) is 57.2 cm³/mol. The number of cyclic esters (lactones) is 1. The van der Waals surface area contributed by atoms with E-state index in [-0.39, 0.29) is 6.10 Å². The molecule has 3 nitrogen and oxygen atoms in total. The van der Waals surface area contributed by atoms with Gasteiger partial charge in [-0.15, -0.1) is 0 Å². The van der Waals surface area contributed by atoms with Crippen LogP contribution in [0.4, 0.5) is 10.5 Å². The summed E-state index contributed by atoms with van der Waals surface area (Å²) >= 11 is 3.36. The Morgan fingerprint density at radius 1 is 1.57 bits per heavy atom. The average Bonchev–Trinajstić information content (AvgIpc) is 2.17. The summed E-state index contributed by atoms with van der Waals surface area (Å²) in [6, 6.07) is 5.60. The van der Waals surface area contributed by atoms with E-state index in [9.17, 15) is 4.79 Å². The Morgan fingerprint density at radius 3 is 3.07 bits per heavy atom. The van der Waals surface area contributed by atoms with Crippen molar-refractivity contribution in [3.63, 3.8) is 0 Å². The number of nitrogens with one attached hydrogen (secondary N) is 1. The van der Waals surface area contributed by atoms with Gasteiger partial charge in [-0.1, -0.05) is 22.5 Å². The lowest BCUT2D eigenvalue weighted by molar-refractivity contribution is 0.130. The van der Waals surface area contributed by atoms with Crippen LogP contribution in [0.25, 0.3) is 0 Å². The van der Waals surface area contributed by atoms with Crippen molar-refractivity contribution in [2.24, 2.45) is 0 Å². The van der Waals surface area contributed by atoms with Gasteiger partial charge >= 0.3 is 6.09 Å². The fraction of sp³-hybridized carbons (Fsp3) is 0.100. The third-order valence-corrected chi connectivity index (χ3v) is 2.50. The SMILES string of the molecule is C=CC1OC(=O)Nc2ccc(Br)cc21. The molecule has 1 aromatic carbocycles. The highest BCUT2D eigenvalue weighted by atomic mass is 79.9. The molecule has 1 aliphatic heterocycles. The maximum absolute atomic E-state index is 11.1. The molecule has 2 rings (SSSR count). The van der Waals surface area contributed by atoms with Gasteiger partial charge in [0, 0.05) is 10.0 Å². The zero-order valence-corrected chi connectivity index (χ0v) is 8.87. The van der Waals surface area contributed by atoms with E-state index in [0.717, 1.165) is 15.7 Å². The molecule has 0 aliphatic carbocycles. The summed E-state index contributed by atoms with van der Waals surface area (Å²) in [5, 5.41) is 2.62. The molecule has 14 heavy (non-hydrogen) atoms. The summed E-state index contributed by atoms with van der Waals surface area (Å²) in [5.74, 6) is 0. The molecule has 0 bridgehead atoms. The van der Waals surface area contributed by atoms with Crippen LogP contribution in [0.3, 0.4) is 0 Å². The summed E-state index contributed by atoms with van der Waals surface area (Å²) in [6.07, 6.45) is 0.797. The molecule has 0 saturated carbocycles. The molecule has 0 fully saturated rings. The maximum Gasteiger partial charge on any atom is 0.412 e. The number of ether oxygens (including phenoxy) is 1. The van der Waals surface area contributed by atoms with Crippen LogP contribution in [-0.4, -0.2) is 6.09 Å². The number of benzene rings is 1. The van der Waals surface area contributed by atoms with E-state index in [1.807, 2.05) is 18.2 Å². The van der Waals surface area contributed by atoms with Gasteiger partial charge in [0.1, 0.15) is 6.10 Å². The van der Waals surface area contributed by atoms with E-state index in [1.165, 1.54) is 0 Å². The van der Waals surface area contributed by atoms with Crippen molar-refractivity contribution in [1.82, 2.24) is 0 Å². The summed E-state index contributed by atoms with van der Waals surface area (Å²) in [6.45, 7) is 3.63. The number of fused-ring (bicyclic) bond motifs is 1. The second-order valence-corrected chi connectivity index (χ2v) is 3.83. The Morgan fingerprint density at radius 2 is 2.36 bits per heavy atom. The largest absolute Gasteiger partial charge is 0.437 e. The van der Waals surface area contributed by atoms with Gasteiger partial charge in [-0.2, -0.15) is 0 Å². The van der Waals surface area contributed by atoms with Crippen LogP contribution >= 0.6 is 15.9 Å². The van der Waals surface area contributed by atoms with E-state index >= 15 is 0 Å². The van der Waals surface area contributed by atoms with Crippen molar-refractivity contribution < 1.29 is 9.53 Å². The lowest BCUT2D eigenvalue weighted by Gasteiger charge is -2.23. The fourth-order valence-electron chi connectivity index (χ4n) is 1.38. The molecule has 1 heterocycles. The highest BCUT2D eigenvalue weighted by molar-refractivity contribution is 9.10. The van der Waals surface area contributed by atoms with Crippen molar-refractivity contribution >= 4 is 27.7 Å². The second-order valence-electron chi connectivity index (χ2n) is 2.92. The van der Waals surface area contributed by atoms with Crippen LogP contribution in [0.2, 0.25) is 0 Å². The van der Waals surface area contributed by atoms with Crippen molar-refractivity contribution in [2.75, 3.05) is 5.32 Å². The number of hydrogen-bond donors (Lipinski definition) is 1. The molecule has 4 heteroatoms.